The summed E-state index contributed by atoms with van der Waals surface area (Å²) in [6.45, 7) is 3.93. The Labute approximate surface area is 92.1 Å². The third-order valence-corrected chi connectivity index (χ3v) is 2.24. The van der Waals surface area contributed by atoms with Crippen molar-refractivity contribution >= 4 is 5.69 Å². The number of hydrogen-bond acceptors (Lipinski definition) is 4. The number of nitrogens with two attached hydrogens (primary N) is 1. The third-order valence-electron chi connectivity index (χ3n) is 2.24. The minimum Gasteiger partial charge on any atom is -0.396 e. The first-order valence-electron chi connectivity index (χ1n) is 4.93. The fourth-order valence-corrected chi connectivity index (χ4v) is 1.41. The standard InChI is InChI=1S/C10H12FN5/c1-6(2)16-10(13-14-15-16)7-3-4-8(11)9(12)5-7/h3-6H,12H2,1-2H3. The Morgan fingerprint density at radius 1 is 1.38 bits per heavy atom. The second-order valence-electron chi connectivity index (χ2n) is 3.78. The normalized spacial score (nSPS) is 11.0. The summed E-state index contributed by atoms with van der Waals surface area (Å²) in [5.74, 6) is 0.147. The lowest BCUT2D eigenvalue weighted by Crippen LogP contribution is -2.05. The predicted molar refractivity (Wildman–Crippen MR) is 58.0 cm³/mol. The summed E-state index contributed by atoms with van der Waals surface area (Å²) >= 11 is 0. The predicted octanol–water partition coefficient (Wildman–Crippen LogP) is 1.64. The van der Waals surface area contributed by atoms with Crippen LogP contribution in [0.15, 0.2) is 18.2 Å². The Morgan fingerprint density at radius 3 is 2.75 bits per heavy atom. The van der Waals surface area contributed by atoms with Crippen LogP contribution in [0.4, 0.5) is 10.1 Å². The van der Waals surface area contributed by atoms with Crippen molar-refractivity contribution in [3.05, 3.63) is 24.0 Å². The molecule has 0 fully saturated rings. The van der Waals surface area contributed by atoms with E-state index in [1.165, 1.54) is 12.1 Å². The Hall–Kier alpha value is -1.98. The largest absolute Gasteiger partial charge is 0.396 e. The van der Waals surface area contributed by atoms with E-state index in [4.69, 9.17) is 5.73 Å². The molecule has 6 heteroatoms. The van der Waals surface area contributed by atoms with Crippen molar-refractivity contribution in [1.29, 1.82) is 0 Å². The molecule has 84 valence electrons. The lowest BCUT2D eigenvalue weighted by atomic mass is 10.2. The zero-order valence-corrected chi connectivity index (χ0v) is 9.05. The molecule has 0 atom stereocenters. The minimum absolute atomic E-state index is 0.0933. The molecule has 1 heterocycles. The molecule has 2 N–H and O–H groups in total. The fraction of sp³-hybridized carbons (Fsp3) is 0.300. The van der Waals surface area contributed by atoms with E-state index in [1.807, 2.05) is 13.8 Å². The van der Waals surface area contributed by atoms with Gasteiger partial charge in [0.2, 0.25) is 0 Å². The quantitative estimate of drug-likeness (QED) is 0.783. The number of hydrogen-bond donors (Lipinski definition) is 1. The lowest BCUT2D eigenvalue weighted by Gasteiger charge is -2.08. The molecule has 2 rings (SSSR count). The second kappa shape index (κ2) is 3.88. The number of halogens is 1. The van der Waals surface area contributed by atoms with Gasteiger partial charge in [0.05, 0.1) is 11.7 Å². The highest BCUT2D eigenvalue weighted by molar-refractivity contribution is 5.61. The number of nitrogens with zero attached hydrogens (tertiary/aromatic N) is 4. The molecule has 0 saturated heterocycles. The van der Waals surface area contributed by atoms with E-state index in [9.17, 15) is 4.39 Å². The fourth-order valence-electron chi connectivity index (χ4n) is 1.41. The zero-order valence-electron chi connectivity index (χ0n) is 9.05. The number of aromatic nitrogens is 4. The summed E-state index contributed by atoms with van der Waals surface area (Å²) in [5.41, 5.74) is 6.30. The van der Waals surface area contributed by atoms with Gasteiger partial charge in [-0.1, -0.05) is 0 Å². The lowest BCUT2D eigenvalue weighted by molar-refractivity contribution is 0.519. The third kappa shape index (κ3) is 1.73. The first-order chi connectivity index (χ1) is 7.59. The van der Waals surface area contributed by atoms with Crippen molar-refractivity contribution in [2.75, 3.05) is 5.73 Å². The molecule has 0 aliphatic rings. The Morgan fingerprint density at radius 2 is 2.12 bits per heavy atom. The summed E-state index contributed by atoms with van der Waals surface area (Å²) in [5, 5.41) is 11.4. The summed E-state index contributed by atoms with van der Waals surface area (Å²) in [7, 11) is 0. The van der Waals surface area contributed by atoms with Gasteiger partial charge in [0.1, 0.15) is 5.82 Å². The SMILES string of the molecule is CC(C)n1nnnc1-c1ccc(F)c(N)c1. The minimum atomic E-state index is -0.438. The van der Waals surface area contributed by atoms with Crippen LogP contribution in [0.25, 0.3) is 11.4 Å². The van der Waals surface area contributed by atoms with E-state index >= 15 is 0 Å². The monoisotopic (exact) mass is 221 g/mol. The molecule has 1 aromatic heterocycles. The first kappa shape index (κ1) is 10.5. The molecule has 16 heavy (non-hydrogen) atoms. The highest BCUT2D eigenvalue weighted by atomic mass is 19.1. The van der Waals surface area contributed by atoms with E-state index in [0.717, 1.165) is 0 Å². The summed E-state index contributed by atoms with van der Waals surface area (Å²) < 4.78 is 14.7. The molecule has 0 aliphatic heterocycles. The highest BCUT2D eigenvalue weighted by Gasteiger charge is 2.12. The molecule has 0 saturated carbocycles. The smallest absolute Gasteiger partial charge is 0.182 e. The topological polar surface area (TPSA) is 69.6 Å². The van der Waals surface area contributed by atoms with Gasteiger partial charge in [-0.05, 0) is 42.5 Å². The molecule has 2 aromatic rings. The Bertz CT molecular complexity index is 506. The number of anilines is 1. The Kier molecular flexibility index (Phi) is 2.55. The van der Waals surface area contributed by atoms with Crippen molar-refractivity contribution in [1.82, 2.24) is 20.2 Å². The molecule has 0 amide bonds. The van der Waals surface area contributed by atoms with Crippen LogP contribution in [0.3, 0.4) is 0 Å². The van der Waals surface area contributed by atoms with Crippen LogP contribution in [-0.2, 0) is 0 Å². The van der Waals surface area contributed by atoms with Crippen LogP contribution in [0.5, 0.6) is 0 Å². The maximum absolute atomic E-state index is 13.0. The van der Waals surface area contributed by atoms with Crippen molar-refractivity contribution in [2.24, 2.45) is 0 Å². The molecular weight excluding hydrogens is 209 g/mol. The van der Waals surface area contributed by atoms with Crippen LogP contribution in [0.1, 0.15) is 19.9 Å². The van der Waals surface area contributed by atoms with E-state index in [2.05, 4.69) is 15.5 Å². The van der Waals surface area contributed by atoms with Crippen LogP contribution in [0, 0.1) is 5.82 Å². The number of rotatable bonds is 2. The molecule has 0 unspecified atom stereocenters. The van der Waals surface area contributed by atoms with Gasteiger partial charge in [-0.3, -0.25) is 0 Å². The molecule has 5 nitrogen and oxygen atoms in total. The van der Waals surface area contributed by atoms with Crippen LogP contribution >= 0.6 is 0 Å². The van der Waals surface area contributed by atoms with Gasteiger partial charge in [0.15, 0.2) is 5.82 Å². The first-order valence-corrected chi connectivity index (χ1v) is 4.93. The van der Waals surface area contributed by atoms with E-state index in [-0.39, 0.29) is 11.7 Å². The molecule has 0 spiro atoms. The van der Waals surface area contributed by atoms with Gasteiger partial charge in [-0.15, -0.1) is 5.10 Å². The molecular formula is C10H12FN5. The van der Waals surface area contributed by atoms with Gasteiger partial charge in [-0.25, -0.2) is 9.07 Å². The van der Waals surface area contributed by atoms with Crippen LogP contribution in [0.2, 0.25) is 0 Å². The summed E-state index contributed by atoms with van der Waals surface area (Å²) in [6.07, 6.45) is 0. The Balaban J connectivity index is 2.50. The van der Waals surface area contributed by atoms with E-state index in [1.54, 1.807) is 10.7 Å². The van der Waals surface area contributed by atoms with Gasteiger partial charge < -0.3 is 5.73 Å². The van der Waals surface area contributed by atoms with Crippen LogP contribution < -0.4 is 5.73 Å². The van der Waals surface area contributed by atoms with Crippen molar-refractivity contribution in [3.8, 4) is 11.4 Å². The summed E-state index contributed by atoms with van der Waals surface area (Å²) in [6, 6.07) is 4.58. The number of tetrazole rings is 1. The molecule has 0 radical (unpaired) electrons. The maximum Gasteiger partial charge on any atom is 0.182 e. The van der Waals surface area contributed by atoms with Crippen molar-refractivity contribution in [3.63, 3.8) is 0 Å². The van der Waals surface area contributed by atoms with Gasteiger partial charge in [-0.2, -0.15) is 0 Å². The van der Waals surface area contributed by atoms with Crippen LogP contribution in [-0.4, -0.2) is 20.2 Å². The van der Waals surface area contributed by atoms with Gasteiger partial charge in [0.25, 0.3) is 0 Å². The molecule has 1 aromatic carbocycles. The average Bonchev–Trinajstić information content (AvgIpc) is 2.71. The van der Waals surface area contributed by atoms with E-state index < -0.39 is 5.82 Å². The van der Waals surface area contributed by atoms with E-state index in [0.29, 0.717) is 11.4 Å². The van der Waals surface area contributed by atoms with Gasteiger partial charge >= 0.3 is 0 Å². The molecule has 0 aliphatic carbocycles. The average molecular weight is 221 g/mol. The maximum atomic E-state index is 13.0. The molecule has 0 bridgehead atoms. The second-order valence-corrected chi connectivity index (χ2v) is 3.78. The van der Waals surface area contributed by atoms with Crippen molar-refractivity contribution in [2.45, 2.75) is 19.9 Å². The van der Waals surface area contributed by atoms with Gasteiger partial charge in [0, 0.05) is 5.56 Å². The summed E-state index contributed by atoms with van der Waals surface area (Å²) in [4.78, 5) is 0. The highest BCUT2D eigenvalue weighted by Crippen LogP contribution is 2.22. The number of benzene rings is 1. The zero-order chi connectivity index (χ0) is 11.7. The van der Waals surface area contributed by atoms with Crippen molar-refractivity contribution < 1.29 is 4.39 Å². The number of nitrogen functional groups attached to an aromatic ring is 1.